The third-order valence-corrected chi connectivity index (χ3v) is 3.00. The Morgan fingerprint density at radius 1 is 1.25 bits per heavy atom. The number of nitrogens with one attached hydrogen (secondary N) is 2. The smallest absolute Gasteiger partial charge is 0.234 e. The first-order valence-corrected chi connectivity index (χ1v) is 6.65. The maximum atomic E-state index is 11.9. The summed E-state index contributed by atoms with van der Waals surface area (Å²) in [6, 6.07) is 7.69. The van der Waals surface area contributed by atoms with Gasteiger partial charge in [0, 0.05) is 19.2 Å². The van der Waals surface area contributed by atoms with Crippen molar-refractivity contribution in [3.63, 3.8) is 0 Å². The predicted molar refractivity (Wildman–Crippen MR) is 78.9 cm³/mol. The van der Waals surface area contributed by atoms with E-state index in [2.05, 4.69) is 10.6 Å². The molecule has 0 fully saturated rings. The summed E-state index contributed by atoms with van der Waals surface area (Å²) in [5.41, 5.74) is 0.458. The van der Waals surface area contributed by atoms with Crippen molar-refractivity contribution >= 4 is 5.91 Å². The van der Waals surface area contributed by atoms with E-state index >= 15 is 0 Å². The number of methoxy groups -OCH3 is 2. The summed E-state index contributed by atoms with van der Waals surface area (Å²) < 4.78 is 10.3. The molecule has 0 radical (unpaired) electrons. The van der Waals surface area contributed by atoms with Crippen LogP contribution in [0.5, 0.6) is 5.75 Å². The quantitative estimate of drug-likeness (QED) is 0.704. The molecule has 1 aromatic rings. The van der Waals surface area contributed by atoms with Crippen LogP contribution >= 0.6 is 0 Å². The van der Waals surface area contributed by atoms with Crippen LogP contribution in [0, 0.1) is 0 Å². The largest absolute Gasteiger partial charge is 0.496 e. The second-order valence-corrected chi connectivity index (χ2v) is 5.04. The summed E-state index contributed by atoms with van der Waals surface area (Å²) in [5, 5.41) is 6.02. The standard InChI is InChI=1S/C15H24N2O3/c1-15(2,12-7-5-6-8-13(12)20-4)17-14(18)11-16-9-10-19-3/h5-8,16H,9-11H2,1-4H3,(H,17,18). The van der Waals surface area contributed by atoms with Crippen LogP contribution in [-0.2, 0) is 15.1 Å². The van der Waals surface area contributed by atoms with Crippen LogP contribution in [0.25, 0.3) is 0 Å². The van der Waals surface area contributed by atoms with Gasteiger partial charge in [-0.3, -0.25) is 4.79 Å². The van der Waals surface area contributed by atoms with Crippen LogP contribution < -0.4 is 15.4 Å². The van der Waals surface area contributed by atoms with Gasteiger partial charge in [-0.2, -0.15) is 0 Å². The molecule has 0 aliphatic heterocycles. The highest BCUT2D eigenvalue weighted by molar-refractivity contribution is 5.79. The Morgan fingerprint density at radius 2 is 1.95 bits per heavy atom. The number of carbonyl (C=O) groups is 1. The van der Waals surface area contributed by atoms with E-state index in [1.54, 1.807) is 14.2 Å². The van der Waals surface area contributed by atoms with E-state index in [9.17, 15) is 4.79 Å². The van der Waals surface area contributed by atoms with Crippen molar-refractivity contribution in [2.24, 2.45) is 0 Å². The summed E-state index contributed by atoms with van der Waals surface area (Å²) in [4.78, 5) is 11.9. The van der Waals surface area contributed by atoms with Gasteiger partial charge in [0.1, 0.15) is 5.75 Å². The van der Waals surface area contributed by atoms with Crippen molar-refractivity contribution in [2.75, 3.05) is 33.9 Å². The van der Waals surface area contributed by atoms with Gasteiger partial charge in [0.25, 0.3) is 0 Å². The number of benzene rings is 1. The Bertz CT molecular complexity index is 433. The van der Waals surface area contributed by atoms with Gasteiger partial charge in [0.2, 0.25) is 5.91 Å². The monoisotopic (exact) mass is 280 g/mol. The van der Waals surface area contributed by atoms with Crippen molar-refractivity contribution in [3.8, 4) is 5.75 Å². The van der Waals surface area contributed by atoms with Crippen molar-refractivity contribution < 1.29 is 14.3 Å². The molecule has 0 bridgehead atoms. The van der Waals surface area contributed by atoms with E-state index in [1.165, 1.54) is 0 Å². The molecule has 1 amide bonds. The fourth-order valence-electron chi connectivity index (χ4n) is 2.00. The average molecular weight is 280 g/mol. The Balaban J connectivity index is 2.62. The molecule has 0 saturated carbocycles. The molecule has 0 aliphatic carbocycles. The minimum Gasteiger partial charge on any atom is -0.496 e. The number of hydrogen-bond donors (Lipinski definition) is 2. The highest BCUT2D eigenvalue weighted by atomic mass is 16.5. The molecule has 0 spiro atoms. The molecular formula is C15H24N2O3. The lowest BCUT2D eigenvalue weighted by Crippen LogP contribution is -2.45. The van der Waals surface area contributed by atoms with E-state index in [0.717, 1.165) is 11.3 Å². The lowest BCUT2D eigenvalue weighted by molar-refractivity contribution is -0.121. The predicted octanol–water partition coefficient (Wildman–Crippen LogP) is 1.28. The van der Waals surface area contributed by atoms with Gasteiger partial charge in [0.15, 0.2) is 0 Å². The zero-order chi connectivity index (χ0) is 15.0. The maximum absolute atomic E-state index is 11.9. The van der Waals surface area contributed by atoms with Crippen LogP contribution in [0.1, 0.15) is 19.4 Å². The van der Waals surface area contributed by atoms with Crippen molar-refractivity contribution in [1.29, 1.82) is 0 Å². The normalized spacial score (nSPS) is 11.2. The lowest BCUT2D eigenvalue weighted by atomic mass is 9.93. The van der Waals surface area contributed by atoms with Gasteiger partial charge < -0.3 is 20.1 Å². The average Bonchev–Trinajstić information content (AvgIpc) is 2.43. The minimum atomic E-state index is -0.493. The molecule has 1 aromatic carbocycles. The molecule has 5 heteroatoms. The number of para-hydroxylation sites is 1. The molecule has 2 N–H and O–H groups in total. The van der Waals surface area contributed by atoms with Gasteiger partial charge in [-0.1, -0.05) is 18.2 Å². The van der Waals surface area contributed by atoms with Gasteiger partial charge in [-0.05, 0) is 19.9 Å². The SMILES string of the molecule is COCCNCC(=O)NC(C)(C)c1ccccc1OC. The summed E-state index contributed by atoms with van der Waals surface area (Å²) in [6.45, 7) is 5.42. The topological polar surface area (TPSA) is 59.6 Å². The first kappa shape index (κ1) is 16.5. The molecule has 0 aromatic heterocycles. The number of ether oxygens (including phenoxy) is 2. The van der Waals surface area contributed by atoms with E-state index < -0.39 is 5.54 Å². The van der Waals surface area contributed by atoms with Gasteiger partial charge in [-0.15, -0.1) is 0 Å². The zero-order valence-electron chi connectivity index (χ0n) is 12.7. The highest BCUT2D eigenvalue weighted by Crippen LogP contribution is 2.29. The molecule has 112 valence electrons. The van der Waals surface area contributed by atoms with Gasteiger partial charge in [-0.25, -0.2) is 0 Å². The van der Waals surface area contributed by atoms with Crippen molar-refractivity contribution in [3.05, 3.63) is 29.8 Å². The van der Waals surface area contributed by atoms with Crippen LogP contribution in [-0.4, -0.2) is 39.8 Å². The second kappa shape index (κ2) is 7.87. The summed E-state index contributed by atoms with van der Waals surface area (Å²) in [5.74, 6) is 0.710. The first-order valence-electron chi connectivity index (χ1n) is 6.65. The molecule has 0 heterocycles. The summed E-state index contributed by atoms with van der Waals surface area (Å²) in [7, 11) is 3.26. The number of amides is 1. The molecule has 1 rings (SSSR count). The van der Waals surface area contributed by atoms with Gasteiger partial charge >= 0.3 is 0 Å². The number of carbonyl (C=O) groups excluding carboxylic acids is 1. The van der Waals surface area contributed by atoms with Crippen LogP contribution in [0.15, 0.2) is 24.3 Å². The Kier molecular flexibility index (Phi) is 6.48. The zero-order valence-corrected chi connectivity index (χ0v) is 12.7. The van der Waals surface area contributed by atoms with E-state index in [4.69, 9.17) is 9.47 Å². The Morgan fingerprint density at radius 3 is 2.60 bits per heavy atom. The lowest BCUT2D eigenvalue weighted by Gasteiger charge is -2.28. The number of hydrogen-bond acceptors (Lipinski definition) is 4. The fourth-order valence-corrected chi connectivity index (χ4v) is 2.00. The van der Waals surface area contributed by atoms with E-state index in [-0.39, 0.29) is 12.5 Å². The van der Waals surface area contributed by atoms with Crippen LogP contribution in [0.2, 0.25) is 0 Å². The molecule has 0 atom stereocenters. The third kappa shape index (κ3) is 4.83. The molecule has 0 aliphatic rings. The van der Waals surface area contributed by atoms with Crippen molar-refractivity contribution in [2.45, 2.75) is 19.4 Å². The first-order chi connectivity index (χ1) is 9.51. The van der Waals surface area contributed by atoms with Crippen molar-refractivity contribution in [1.82, 2.24) is 10.6 Å². The van der Waals surface area contributed by atoms with Gasteiger partial charge in [0.05, 0.1) is 25.8 Å². The van der Waals surface area contributed by atoms with E-state index in [0.29, 0.717) is 13.2 Å². The Labute approximate surface area is 120 Å². The highest BCUT2D eigenvalue weighted by Gasteiger charge is 2.25. The third-order valence-electron chi connectivity index (χ3n) is 3.00. The van der Waals surface area contributed by atoms with Crippen LogP contribution in [0.4, 0.5) is 0 Å². The van der Waals surface area contributed by atoms with E-state index in [1.807, 2.05) is 38.1 Å². The molecule has 20 heavy (non-hydrogen) atoms. The second-order valence-electron chi connectivity index (χ2n) is 5.04. The summed E-state index contributed by atoms with van der Waals surface area (Å²) >= 11 is 0. The maximum Gasteiger partial charge on any atom is 0.234 e. The molecule has 0 unspecified atom stereocenters. The minimum absolute atomic E-state index is 0.0583. The fraction of sp³-hybridized carbons (Fsp3) is 0.533. The number of rotatable bonds is 8. The molecule has 5 nitrogen and oxygen atoms in total. The Hall–Kier alpha value is -1.59. The van der Waals surface area contributed by atoms with Crippen LogP contribution in [0.3, 0.4) is 0 Å². The molecule has 0 saturated heterocycles. The summed E-state index contributed by atoms with van der Waals surface area (Å²) in [6.07, 6.45) is 0. The molecular weight excluding hydrogens is 256 g/mol.